The number of aliphatic hydroxyl groups is 1. The fraction of sp³-hybridized carbons (Fsp3) is 0.630. The third kappa shape index (κ3) is 39.8. The Bertz CT molecular complexity index is 1340. The van der Waals surface area contributed by atoms with E-state index >= 15 is 0 Å². The van der Waals surface area contributed by atoms with Crippen molar-refractivity contribution < 1.29 is 52.6 Å². The zero-order valence-electron chi connectivity index (χ0n) is 35.9. The molecule has 4 atom stereocenters. The summed E-state index contributed by atoms with van der Waals surface area (Å²) in [6.07, 6.45) is 45.4. The molecule has 0 aromatic rings. The highest BCUT2D eigenvalue weighted by molar-refractivity contribution is 7.47. The van der Waals surface area contributed by atoms with Gasteiger partial charge >= 0.3 is 25.7 Å². The minimum Gasteiger partial charge on any atom is -0.480 e. The molecule has 0 heterocycles. The van der Waals surface area contributed by atoms with E-state index < -0.39 is 63.8 Å². The maximum Gasteiger partial charge on any atom is 0.472 e. The molecule has 12 nitrogen and oxygen atoms in total. The maximum atomic E-state index is 12.6. The second-order valence-electron chi connectivity index (χ2n) is 14.3. The van der Waals surface area contributed by atoms with Crippen LogP contribution in [0.15, 0.2) is 85.1 Å². The standard InChI is InChI=1S/C46H76NO11P/c1-3-5-7-9-11-13-15-17-18-19-20-22-24-26-28-30-32-36-45(50)58-42(39-56-59(53,54)57-40-43(47)46(51)52)38-55-44(49)37-33-35-41(48)34-31-29-27-25-23-21-16-14-12-10-8-6-4-2/h5,7,11,13,17-18,20-23,27,29,31,34,41-43,48H,3-4,6,8-10,12,14-16,19,24-26,28,30,32-33,35-40,47H2,1-2H3,(H,51,52)(H,53,54)/b7-5-,13-11-,18-17-,22-20-,23-21+,29-27+,34-31+/t41?,42-,43+/m1/s1. The van der Waals surface area contributed by atoms with Gasteiger partial charge in [0.15, 0.2) is 6.10 Å². The van der Waals surface area contributed by atoms with Crippen molar-refractivity contribution in [2.75, 3.05) is 19.8 Å². The first kappa shape index (κ1) is 55.6. The van der Waals surface area contributed by atoms with Gasteiger partial charge in [0.1, 0.15) is 12.6 Å². The van der Waals surface area contributed by atoms with Crippen LogP contribution in [0.1, 0.15) is 149 Å². The summed E-state index contributed by atoms with van der Waals surface area (Å²) in [6, 6.07) is -1.56. The Morgan fingerprint density at radius 3 is 1.76 bits per heavy atom. The van der Waals surface area contributed by atoms with Crippen LogP contribution in [0, 0.1) is 0 Å². The molecule has 0 saturated heterocycles. The number of ether oxygens (including phenoxy) is 2. The van der Waals surface area contributed by atoms with Crippen LogP contribution >= 0.6 is 7.82 Å². The number of unbranched alkanes of at least 4 members (excludes halogenated alkanes) is 10. The van der Waals surface area contributed by atoms with Crippen molar-refractivity contribution in [3.63, 3.8) is 0 Å². The molecule has 0 aliphatic rings. The van der Waals surface area contributed by atoms with E-state index in [0.717, 1.165) is 64.2 Å². The lowest BCUT2D eigenvalue weighted by Gasteiger charge is -2.20. The van der Waals surface area contributed by atoms with Gasteiger partial charge in [0.2, 0.25) is 0 Å². The predicted octanol–water partition coefficient (Wildman–Crippen LogP) is 10.5. The number of hydrogen-bond acceptors (Lipinski definition) is 10. The Morgan fingerprint density at radius 1 is 0.627 bits per heavy atom. The maximum absolute atomic E-state index is 12.6. The minimum absolute atomic E-state index is 0.0126. The number of carbonyl (C=O) groups excluding carboxylic acids is 2. The third-order valence-corrected chi connectivity index (χ3v) is 9.68. The summed E-state index contributed by atoms with van der Waals surface area (Å²) in [7, 11) is -4.77. The smallest absolute Gasteiger partial charge is 0.472 e. The van der Waals surface area contributed by atoms with E-state index in [1.807, 2.05) is 12.2 Å². The van der Waals surface area contributed by atoms with Gasteiger partial charge in [-0.2, -0.15) is 0 Å². The predicted molar refractivity (Wildman–Crippen MR) is 236 cm³/mol. The molecule has 13 heteroatoms. The third-order valence-electron chi connectivity index (χ3n) is 8.73. The van der Waals surface area contributed by atoms with Crippen LogP contribution in [-0.2, 0) is 37.5 Å². The fourth-order valence-corrected chi connectivity index (χ4v) is 6.08. The number of allylic oxidation sites excluding steroid dienone is 13. The highest BCUT2D eigenvalue weighted by Gasteiger charge is 2.28. The van der Waals surface area contributed by atoms with Gasteiger partial charge < -0.3 is 30.3 Å². The van der Waals surface area contributed by atoms with Gasteiger partial charge in [-0.1, -0.05) is 144 Å². The van der Waals surface area contributed by atoms with E-state index in [-0.39, 0.29) is 12.8 Å². The lowest BCUT2D eigenvalue weighted by Crippen LogP contribution is -2.34. The van der Waals surface area contributed by atoms with Gasteiger partial charge in [-0.25, -0.2) is 4.57 Å². The lowest BCUT2D eigenvalue weighted by atomic mass is 10.1. The van der Waals surface area contributed by atoms with E-state index in [2.05, 4.69) is 79.1 Å². The molecule has 0 rings (SSSR count). The molecule has 0 saturated carbocycles. The molecule has 336 valence electrons. The zero-order chi connectivity index (χ0) is 43.7. The SMILES string of the molecule is CC/C=C\C/C=C\C/C=C\C/C=C\CCCCCCC(=O)O[C@H](COC(=O)CCCC(O)/C=C/C=C/C/C=C/CCCCCCCC)COP(=O)(O)OC[C@H](N)C(=O)O. The average molecular weight is 850 g/mol. The lowest BCUT2D eigenvalue weighted by molar-refractivity contribution is -0.161. The van der Waals surface area contributed by atoms with E-state index in [1.165, 1.54) is 38.5 Å². The first-order valence-corrected chi connectivity index (χ1v) is 23.2. The quantitative estimate of drug-likeness (QED) is 0.0151. The van der Waals surface area contributed by atoms with Gasteiger partial charge in [-0.3, -0.25) is 23.4 Å². The number of carboxylic acid groups (broad SMARTS) is 1. The van der Waals surface area contributed by atoms with Crippen molar-refractivity contribution in [2.24, 2.45) is 5.73 Å². The van der Waals surface area contributed by atoms with Crippen molar-refractivity contribution >= 4 is 25.7 Å². The molecule has 59 heavy (non-hydrogen) atoms. The van der Waals surface area contributed by atoms with Gasteiger partial charge in [0, 0.05) is 12.8 Å². The Labute approximate surface area is 355 Å². The number of nitrogens with two attached hydrogens (primary N) is 1. The van der Waals surface area contributed by atoms with Crippen molar-refractivity contribution in [2.45, 2.75) is 167 Å². The number of carbonyl (C=O) groups is 3. The average Bonchev–Trinajstić information content (AvgIpc) is 3.20. The number of aliphatic carboxylic acids is 1. The molecule has 0 fully saturated rings. The van der Waals surface area contributed by atoms with E-state index in [0.29, 0.717) is 19.3 Å². The molecule has 0 aliphatic carbocycles. The number of esters is 2. The summed E-state index contributed by atoms with van der Waals surface area (Å²) < 4.78 is 32.5. The van der Waals surface area contributed by atoms with Gasteiger partial charge in [0.05, 0.1) is 19.3 Å². The van der Waals surface area contributed by atoms with Crippen molar-refractivity contribution in [1.29, 1.82) is 0 Å². The molecular weight excluding hydrogens is 773 g/mol. The molecule has 0 aromatic carbocycles. The van der Waals surface area contributed by atoms with Crippen LogP contribution in [0.25, 0.3) is 0 Å². The molecule has 0 bridgehead atoms. The van der Waals surface area contributed by atoms with E-state index in [1.54, 1.807) is 12.2 Å². The molecule has 0 amide bonds. The number of hydrogen-bond donors (Lipinski definition) is 4. The summed E-state index contributed by atoms with van der Waals surface area (Å²) in [4.78, 5) is 46.0. The fourth-order valence-electron chi connectivity index (χ4n) is 5.30. The molecule has 0 spiro atoms. The van der Waals surface area contributed by atoms with Crippen LogP contribution in [0.4, 0.5) is 0 Å². The highest BCUT2D eigenvalue weighted by atomic mass is 31.2. The second kappa shape index (κ2) is 40.0. The molecule has 0 aromatic heterocycles. The Balaban J connectivity index is 4.61. The minimum atomic E-state index is -4.77. The monoisotopic (exact) mass is 850 g/mol. The Morgan fingerprint density at radius 2 is 1.15 bits per heavy atom. The Kier molecular flexibility index (Phi) is 37.8. The number of rotatable bonds is 39. The van der Waals surface area contributed by atoms with Crippen LogP contribution in [0.3, 0.4) is 0 Å². The van der Waals surface area contributed by atoms with Crippen LogP contribution in [-0.4, -0.2) is 71.1 Å². The van der Waals surface area contributed by atoms with Crippen molar-refractivity contribution in [3.8, 4) is 0 Å². The van der Waals surface area contributed by atoms with Gasteiger partial charge in [0.25, 0.3) is 0 Å². The van der Waals surface area contributed by atoms with Gasteiger partial charge in [-0.15, -0.1) is 0 Å². The van der Waals surface area contributed by atoms with Crippen LogP contribution in [0.5, 0.6) is 0 Å². The molecule has 0 radical (unpaired) electrons. The van der Waals surface area contributed by atoms with E-state index in [4.69, 9.17) is 24.8 Å². The summed E-state index contributed by atoms with van der Waals surface area (Å²) in [5.74, 6) is -2.64. The van der Waals surface area contributed by atoms with Crippen molar-refractivity contribution in [1.82, 2.24) is 0 Å². The summed E-state index contributed by atoms with van der Waals surface area (Å²) >= 11 is 0. The number of phosphoric ester groups is 1. The molecule has 2 unspecified atom stereocenters. The van der Waals surface area contributed by atoms with Gasteiger partial charge in [-0.05, 0) is 77.0 Å². The van der Waals surface area contributed by atoms with Crippen LogP contribution < -0.4 is 5.73 Å². The topological polar surface area (TPSA) is 192 Å². The summed E-state index contributed by atoms with van der Waals surface area (Å²) in [6.45, 7) is 2.44. The largest absolute Gasteiger partial charge is 0.480 e. The molecular formula is C46H76NO11P. The number of carboxylic acids is 1. The number of phosphoric acid groups is 1. The summed E-state index contributed by atoms with van der Waals surface area (Å²) in [5.41, 5.74) is 5.32. The normalized spacial score (nSPS) is 15.1. The second-order valence-corrected chi connectivity index (χ2v) is 15.7. The van der Waals surface area contributed by atoms with Crippen molar-refractivity contribution in [3.05, 3.63) is 85.1 Å². The number of aliphatic hydroxyl groups excluding tert-OH is 1. The summed E-state index contributed by atoms with van der Waals surface area (Å²) in [5, 5.41) is 19.1. The first-order chi connectivity index (χ1) is 28.5. The Hall–Kier alpha value is -3.38. The van der Waals surface area contributed by atoms with E-state index in [9.17, 15) is 28.9 Å². The zero-order valence-corrected chi connectivity index (χ0v) is 36.8. The highest BCUT2D eigenvalue weighted by Crippen LogP contribution is 2.43. The first-order valence-electron chi connectivity index (χ1n) is 21.7. The van der Waals surface area contributed by atoms with Crippen LogP contribution in [0.2, 0.25) is 0 Å². The molecule has 5 N–H and O–H groups in total. The molecule has 0 aliphatic heterocycles.